The van der Waals surface area contributed by atoms with E-state index in [0.717, 1.165) is 36.1 Å². The fraction of sp³-hybridized carbons (Fsp3) is 0.462. The third kappa shape index (κ3) is 2.33. The van der Waals surface area contributed by atoms with Crippen LogP contribution >= 0.6 is 11.8 Å². The number of nitrogens with one attached hydrogen (secondary N) is 2. The van der Waals surface area contributed by atoms with E-state index in [9.17, 15) is 4.79 Å². The number of amides is 1. The lowest BCUT2D eigenvalue weighted by Crippen LogP contribution is -2.47. The molecule has 2 N–H and O–H groups in total. The van der Waals surface area contributed by atoms with Crippen molar-refractivity contribution in [1.82, 2.24) is 5.32 Å². The van der Waals surface area contributed by atoms with Crippen molar-refractivity contribution in [2.45, 2.75) is 4.90 Å². The van der Waals surface area contributed by atoms with E-state index in [1.165, 1.54) is 5.69 Å². The highest BCUT2D eigenvalue weighted by atomic mass is 32.2. The van der Waals surface area contributed by atoms with Crippen LogP contribution in [0.3, 0.4) is 0 Å². The van der Waals surface area contributed by atoms with Crippen LogP contribution in [0.2, 0.25) is 0 Å². The Hall–Kier alpha value is -1.20. The molecular formula is C13H17N3OS. The zero-order valence-corrected chi connectivity index (χ0v) is 11.2. The topological polar surface area (TPSA) is 44.4 Å². The van der Waals surface area contributed by atoms with Crippen molar-refractivity contribution in [3.05, 3.63) is 18.2 Å². The summed E-state index contributed by atoms with van der Waals surface area (Å²) < 4.78 is 0. The molecule has 1 saturated heterocycles. The molecule has 1 aromatic rings. The summed E-state index contributed by atoms with van der Waals surface area (Å²) >= 11 is 1.61. The second-order valence-corrected chi connectivity index (χ2v) is 5.94. The highest BCUT2D eigenvalue weighted by molar-refractivity contribution is 8.00. The van der Waals surface area contributed by atoms with E-state index in [0.29, 0.717) is 5.75 Å². The predicted octanol–water partition coefficient (Wildman–Crippen LogP) is 1.39. The molecule has 0 spiro atoms. The molecule has 18 heavy (non-hydrogen) atoms. The number of carbonyl (C=O) groups excluding carboxylic acids is 1. The number of fused-ring (bicyclic) bond motifs is 1. The minimum absolute atomic E-state index is 0.0931. The summed E-state index contributed by atoms with van der Waals surface area (Å²) in [4.78, 5) is 14.8. The quantitative estimate of drug-likeness (QED) is 0.865. The van der Waals surface area contributed by atoms with Crippen molar-refractivity contribution >= 4 is 29.0 Å². The lowest BCUT2D eigenvalue weighted by Gasteiger charge is -2.32. The summed E-state index contributed by atoms with van der Waals surface area (Å²) in [6, 6.07) is 6.31. The first-order valence-electron chi connectivity index (χ1n) is 6.21. The smallest absolute Gasteiger partial charge is 0.234 e. The van der Waals surface area contributed by atoms with Gasteiger partial charge >= 0.3 is 0 Å². The Bertz CT molecular complexity index is 473. The highest BCUT2D eigenvalue weighted by Crippen LogP contribution is 2.34. The molecule has 0 aromatic heterocycles. The van der Waals surface area contributed by atoms with Gasteiger partial charge < -0.3 is 15.5 Å². The van der Waals surface area contributed by atoms with Crippen LogP contribution < -0.4 is 15.5 Å². The fourth-order valence-electron chi connectivity index (χ4n) is 2.28. The molecule has 0 unspecified atom stereocenters. The number of rotatable bonds is 3. The molecule has 1 aromatic carbocycles. The number of anilines is 2. The molecule has 0 aliphatic carbocycles. The molecule has 0 atom stereocenters. The van der Waals surface area contributed by atoms with Gasteiger partial charge in [-0.15, -0.1) is 11.8 Å². The Kier molecular flexibility index (Phi) is 3.18. The van der Waals surface area contributed by atoms with E-state index < -0.39 is 0 Å². The Labute approximate surface area is 111 Å². The predicted molar refractivity (Wildman–Crippen MR) is 75.4 cm³/mol. The minimum atomic E-state index is 0.0931. The van der Waals surface area contributed by atoms with Crippen molar-refractivity contribution < 1.29 is 4.79 Å². The van der Waals surface area contributed by atoms with E-state index in [1.54, 1.807) is 11.8 Å². The number of hydrogen-bond acceptors (Lipinski definition) is 4. The Balaban J connectivity index is 1.75. The van der Waals surface area contributed by atoms with Crippen LogP contribution in [0.15, 0.2) is 23.1 Å². The normalized spacial score (nSPS) is 18.8. The molecule has 1 fully saturated rings. The second kappa shape index (κ2) is 4.82. The van der Waals surface area contributed by atoms with E-state index in [4.69, 9.17) is 0 Å². The lowest BCUT2D eigenvalue weighted by atomic mass is 10.0. The van der Waals surface area contributed by atoms with Crippen molar-refractivity contribution in [2.75, 3.05) is 42.7 Å². The van der Waals surface area contributed by atoms with Crippen LogP contribution in [-0.2, 0) is 4.79 Å². The molecular weight excluding hydrogens is 246 g/mol. The summed E-state index contributed by atoms with van der Waals surface area (Å²) in [5.74, 6) is 1.36. The molecule has 4 nitrogen and oxygen atoms in total. The van der Waals surface area contributed by atoms with Crippen LogP contribution in [0.4, 0.5) is 11.4 Å². The van der Waals surface area contributed by atoms with E-state index in [2.05, 4.69) is 40.8 Å². The maximum absolute atomic E-state index is 11.4. The summed E-state index contributed by atoms with van der Waals surface area (Å²) in [7, 11) is 2.11. The van der Waals surface area contributed by atoms with Gasteiger partial charge in [-0.05, 0) is 18.2 Å². The minimum Gasteiger partial charge on any atom is -0.374 e. The van der Waals surface area contributed by atoms with Crippen molar-refractivity contribution in [2.24, 2.45) is 5.92 Å². The van der Waals surface area contributed by atoms with Crippen molar-refractivity contribution in [1.29, 1.82) is 0 Å². The first-order chi connectivity index (χ1) is 8.72. The summed E-state index contributed by atoms with van der Waals surface area (Å²) in [6.07, 6.45) is 0. The van der Waals surface area contributed by atoms with Crippen LogP contribution in [-0.4, -0.2) is 38.3 Å². The molecule has 5 heteroatoms. The lowest BCUT2D eigenvalue weighted by molar-refractivity contribution is -0.113. The Morgan fingerprint density at radius 3 is 3.00 bits per heavy atom. The average molecular weight is 263 g/mol. The zero-order valence-electron chi connectivity index (χ0n) is 10.4. The molecule has 1 amide bonds. The van der Waals surface area contributed by atoms with Crippen LogP contribution in [0.25, 0.3) is 0 Å². The van der Waals surface area contributed by atoms with Gasteiger partial charge in [-0.2, -0.15) is 0 Å². The molecule has 0 saturated carbocycles. The van der Waals surface area contributed by atoms with Gasteiger partial charge in [0, 0.05) is 43.2 Å². The van der Waals surface area contributed by atoms with Gasteiger partial charge in [0.2, 0.25) is 5.91 Å². The third-order valence-corrected chi connectivity index (χ3v) is 4.51. The summed E-state index contributed by atoms with van der Waals surface area (Å²) in [5, 5.41) is 6.22. The monoisotopic (exact) mass is 263 g/mol. The number of benzene rings is 1. The zero-order chi connectivity index (χ0) is 12.5. The molecule has 2 heterocycles. The number of hydrogen-bond donors (Lipinski definition) is 2. The molecule has 0 bridgehead atoms. The van der Waals surface area contributed by atoms with E-state index in [1.807, 2.05) is 0 Å². The Morgan fingerprint density at radius 1 is 1.44 bits per heavy atom. The standard InChI is InChI=1S/C13H17N3OS/c1-16(7-9-5-14-6-9)10-2-3-12-11(4-10)15-13(17)8-18-12/h2-4,9,14H,5-8H2,1H3,(H,15,17). The fourth-order valence-corrected chi connectivity index (χ4v) is 3.07. The van der Waals surface area contributed by atoms with Gasteiger partial charge in [0.15, 0.2) is 0 Å². The summed E-state index contributed by atoms with van der Waals surface area (Å²) in [5.41, 5.74) is 2.12. The Morgan fingerprint density at radius 2 is 2.28 bits per heavy atom. The van der Waals surface area contributed by atoms with Crippen molar-refractivity contribution in [3.8, 4) is 0 Å². The first kappa shape index (κ1) is 11.9. The average Bonchev–Trinajstić information content (AvgIpc) is 2.32. The van der Waals surface area contributed by atoms with Gasteiger partial charge in [0.25, 0.3) is 0 Å². The van der Waals surface area contributed by atoms with E-state index >= 15 is 0 Å². The van der Waals surface area contributed by atoms with E-state index in [-0.39, 0.29) is 5.91 Å². The van der Waals surface area contributed by atoms with Crippen LogP contribution in [0.1, 0.15) is 0 Å². The second-order valence-electron chi connectivity index (χ2n) is 4.92. The summed E-state index contributed by atoms with van der Waals surface area (Å²) in [6.45, 7) is 3.29. The third-order valence-electron chi connectivity index (χ3n) is 3.43. The molecule has 2 aliphatic rings. The van der Waals surface area contributed by atoms with Crippen molar-refractivity contribution in [3.63, 3.8) is 0 Å². The number of nitrogens with zero attached hydrogens (tertiary/aromatic N) is 1. The largest absolute Gasteiger partial charge is 0.374 e. The van der Waals surface area contributed by atoms with Gasteiger partial charge in [-0.1, -0.05) is 0 Å². The number of carbonyl (C=O) groups is 1. The van der Waals surface area contributed by atoms with Crippen LogP contribution in [0.5, 0.6) is 0 Å². The van der Waals surface area contributed by atoms with Gasteiger partial charge in [0.05, 0.1) is 11.4 Å². The number of thioether (sulfide) groups is 1. The maximum Gasteiger partial charge on any atom is 0.234 e. The molecule has 2 aliphatic heterocycles. The van der Waals surface area contributed by atoms with Gasteiger partial charge in [0.1, 0.15) is 0 Å². The molecule has 3 rings (SSSR count). The highest BCUT2D eigenvalue weighted by Gasteiger charge is 2.20. The van der Waals surface area contributed by atoms with Gasteiger partial charge in [-0.3, -0.25) is 4.79 Å². The molecule has 96 valence electrons. The van der Waals surface area contributed by atoms with Gasteiger partial charge in [-0.25, -0.2) is 0 Å². The molecule has 0 radical (unpaired) electrons. The SMILES string of the molecule is CN(CC1CNC1)c1ccc2c(c1)NC(=O)CS2. The maximum atomic E-state index is 11.4. The van der Waals surface area contributed by atoms with Crippen LogP contribution in [0, 0.1) is 5.92 Å². The first-order valence-corrected chi connectivity index (χ1v) is 7.19.